The third-order valence-electron chi connectivity index (χ3n) is 5.41. The van der Waals surface area contributed by atoms with E-state index in [0.717, 1.165) is 11.1 Å². The fraction of sp³-hybridized carbons (Fsp3) is 0.192. The Hall–Kier alpha value is -3.44. The highest BCUT2D eigenvalue weighted by Crippen LogP contribution is 2.13. The summed E-state index contributed by atoms with van der Waals surface area (Å²) in [6.07, 6.45) is 1.74. The molecule has 0 atom stereocenters. The van der Waals surface area contributed by atoms with Gasteiger partial charge in [0.1, 0.15) is 5.82 Å². The van der Waals surface area contributed by atoms with Gasteiger partial charge in [0.2, 0.25) is 5.91 Å². The van der Waals surface area contributed by atoms with Gasteiger partial charge in [-0.1, -0.05) is 66.2 Å². The number of nitrogens with one attached hydrogen (secondary N) is 1. The molecular weight excluding hydrogens is 422 g/mol. The zero-order chi connectivity index (χ0) is 22.3. The number of para-hydroxylation sites is 1. The van der Waals surface area contributed by atoms with Crippen LogP contribution in [-0.4, -0.2) is 27.3 Å². The molecule has 0 aliphatic rings. The van der Waals surface area contributed by atoms with E-state index in [0.29, 0.717) is 47.6 Å². The number of aryl methyl sites for hydroxylation is 1. The van der Waals surface area contributed by atoms with Crippen LogP contribution in [0, 0.1) is 0 Å². The molecule has 162 valence electrons. The van der Waals surface area contributed by atoms with E-state index in [2.05, 4.69) is 9.97 Å². The van der Waals surface area contributed by atoms with Crippen molar-refractivity contribution in [2.75, 3.05) is 6.54 Å². The van der Waals surface area contributed by atoms with Gasteiger partial charge in [0.25, 0.3) is 5.56 Å². The van der Waals surface area contributed by atoms with E-state index in [-0.39, 0.29) is 18.0 Å². The van der Waals surface area contributed by atoms with Crippen molar-refractivity contribution in [1.29, 1.82) is 0 Å². The Morgan fingerprint density at radius 2 is 1.56 bits per heavy atom. The number of carbonyl (C=O) groups is 1. The predicted molar refractivity (Wildman–Crippen MR) is 128 cm³/mol. The highest BCUT2D eigenvalue weighted by atomic mass is 35.5. The number of aromatic nitrogens is 2. The molecule has 0 spiro atoms. The molecule has 1 heterocycles. The summed E-state index contributed by atoms with van der Waals surface area (Å²) in [7, 11) is 0. The Bertz CT molecular complexity index is 1250. The molecule has 0 radical (unpaired) electrons. The molecule has 1 aromatic heterocycles. The number of amides is 1. The maximum atomic E-state index is 13.1. The van der Waals surface area contributed by atoms with Crippen molar-refractivity contribution in [1.82, 2.24) is 14.9 Å². The molecule has 32 heavy (non-hydrogen) atoms. The number of carbonyl (C=O) groups excluding carboxylic acids is 1. The SMILES string of the molecule is O=C(CCc1ccccc1)N(CCc1ccc(Cl)cc1)Cc1nc2ccccc2c(=O)[nH]1. The Labute approximate surface area is 191 Å². The lowest BCUT2D eigenvalue weighted by atomic mass is 10.1. The quantitative estimate of drug-likeness (QED) is 0.424. The summed E-state index contributed by atoms with van der Waals surface area (Å²) >= 11 is 5.99. The van der Waals surface area contributed by atoms with E-state index in [4.69, 9.17) is 11.6 Å². The molecule has 0 saturated carbocycles. The number of nitrogens with zero attached hydrogens (tertiary/aromatic N) is 2. The van der Waals surface area contributed by atoms with Crippen LogP contribution in [0.5, 0.6) is 0 Å². The molecule has 3 aromatic carbocycles. The highest BCUT2D eigenvalue weighted by Gasteiger charge is 2.16. The van der Waals surface area contributed by atoms with Crippen molar-refractivity contribution in [2.45, 2.75) is 25.8 Å². The zero-order valence-corrected chi connectivity index (χ0v) is 18.4. The van der Waals surface area contributed by atoms with Crippen LogP contribution in [0.15, 0.2) is 83.7 Å². The summed E-state index contributed by atoms with van der Waals surface area (Å²) in [5.74, 6) is 0.511. The second-order valence-electron chi connectivity index (χ2n) is 7.71. The lowest BCUT2D eigenvalue weighted by molar-refractivity contribution is -0.131. The minimum Gasteiger partial charge on any atom is -0.335 e. The van der Waals surface area contributed by atoms with Crippen molar-refractivity contribution in [2.24, 2.45) is 0 Å². The minimum atomic E-state index is -0.194. The average molecular weight is 446 g/mol. The van der Waals surface area contributed by atoms with E-state index in [1.807, 2.05) is 72.8 Å². The molecule has 5 nitrogen and oxygen atoms in total. The normalized spacial score (nSPS) is 10.9. The summed E-state index contributed by atoms with van der Waals surface area (Å²) in [4.78, 5) is 34.8. The van der Waals surface area contributed by atoms with Crippen molar-refractivity contribution >= 4 is 28.4 Å². The number of benzene rings is 3. The number of halogens is 1. The van der Waals surface area contributed by atoms with Gasteiger partial charge in [0, 0.05) is 18.0 Å². The highest BCUT2D eigenvalue weighted by molar-refractivity contribution is 6.30. The molecule has 0 aliphatic heterocycles. The molecule has 0 bridgehead atoms. The Balaban J connectivity index is 1.52. The van der Waals surface area contributed by atoms with Gasteiger partial charge < -0.3 is 9.88 Å². The van der Waals surface area contributed by atoms with E-state index < -0.39 is 0 Å². The van der Waals surface area contributed by atoms with Crippen molar-refractivity contribution in [3.8, 4) is 0 Å². The third kappa shape index (κ3) is 5.62. The fourth-order valence-electron chi connectivity index (χ4n) is 3.65. The van der Waals surface area contributed by atoms with Gasteiger partial charge in [-0.05, 0) is 48.2 Å². The van der Waals surface area contributed by atoms with E-state index in [1.54, 1.807) is 11.0 Å². The topological polar surface area (TPSA) is 66.1 Å². The lowest BCUT2D eigenvalue weighted by Gasteiger charge is -2.22. The minimum absolute atomic E-state index is 0.0265. The first-order valence-corrected chi connectivity index (χ1v) is 11.0. The van der Waals surface area contributed by atoms with E-state index >= 15 is 0 Å². The first-order chi connectivity index (χ1) is 15.6. The van der Waals surface area contributed by atoms with E-state index in [1.165, 1.54) is 0 Å². The lowest BCUT2D eigenvalue weighted by Crippen LogP contribution is -2.34. The Morgan fingerprint density at radius 1 is 0.875 bits per heavy atom. The van der Waals surface area contributed by atoms with Crippen molar-refractivity contribution in [3.05, 3.63) is 111 Å². The van der Waals surface area contributed by atoms with Crippen LogP contribution in [0.1, 0.15) is 23.4 Å². The molecule has 6 heteroatoms. The molecule has 0 aliphatic carbocycles. The molecule has 0 unspecified atom stereocenters. The fourth-order valence-corrected chi connectivity index (χ4v) is 3.78. The number of hydrogen-bond donors (Lipinski definition) is 1. The van der Waals surface area contributed by atoms with Crippen LogP contribution in [-0.2, 0) is 24.2 Å². The van der Waals surface area contributed by atoms with Crippen LogP contribution in [0.25, 0.3) is 10.9 Å². The molecule has 4 rings (SSSR count). The Morgan fingerprint density at radius 3 is 2.34 bits per heavy atom. The van der Waals surface area contributed by atoms with Gasteiger partial charge in [0.05, 0.1) is 17.4 Å². The first-order valence-electron chi connectivity index (χ1n) is 10.6. The van der Waals surface area contributed by atoms with Crippen LogP contribution in [0.4, 0.5) is 0 Å². The monoisotopic (exact) mass is 445 g/mol. The molecule has 4 aromatic rings. The molecule has 0 saturated heterocycles. The van der Waals surface area contributed by atoms with Crippen LogP contribution in [0.2, 0.25) is 5.02 Å². The second-order valence-corrected chi connectivity index (χ2v) is 8.14. The summed E-state index contributed by atoms with van der Waals surface area (Å²) < 4.78 is 0. The Kier molecular flexibility index (Phi) is 6.97. The maximum Gasteiger partial charge on any atom is 0.258 e. The van der Waals surface area contributed by atoms with Gasteiger partial charge in [-0.25, -0.2) is 4.98 Å². The number of rotatable bonds is 8. The third-order valence-corrected chi connectivity index (χ3v) is 5.66. The van der Waals surface area contributed by atoms with Crippen LogP contribution in [0.3, 0.4) is 0 Å². The number of H-pyrrole nitrogens is 1. The summed E-state index contributed by atoms with van der Waals surface area (Å²) in [5, 5.41) is 1.22. The number of fused-ring (bicyclic) bond motifs is 1. The number of hydrogen-bond acceptors (Lipinski definition) is 3. The number of aromatic amines is 1. The predicted octanol–water partition coefficient (Wildman–Crippen LogP) is 4.78. The average Bonchev–Trinajstić information content (AvgIpc) is 2.82. The van der Waals surface area contributed by atoms with Crippen LogP contribution < -0.4 is 5.56 Å². The molecule has 1 amide bonds. The summed E-state index contributed by atoms with van der Waals surface area (Å²) in [5.41, 5.74) is 2.64. The van der Waals surface area contributed by atoms with Gasteiger partial charge in [-0.3, -0.25) is 9.59 Å². The molecular formula is C26H24ClN3O2. The van der Waals surface area contributed by atoms with Gasteiger partial charge >= 0.3 is 0 Å². The van der Waals surface area contributed by atoms with E-state index in [9.17, 15) is 9.59 Å². The standard InChI is InChI=1S/C26H24ClN3O2/c27-21-13-10-20(11-14-21)16-17-30(25(31)15-12-19-6-2-1-3-7-19)18-24-28-23-9-5-4-8-22(23)26(32)29-24/h1-11,13-14H,12,15-18H2,(H,28,29,32). The van der Waals surface area contributed by atoms with Gasteiger partial charge in [-0.2, -0.15) is 0 Å². The molecule has 1 N–H and O–H groups in total. The van der Waals surface area contributed by atoms with Gasteiger partial charge in [0.15, 0.2) is 0 Å². The van der Waals surface area contributed by atoms with Gasteiger partial charge in [-0.15, -0.1) is 0 Å². The van der Waals surface area contributed by atoms with Crippen molar-refractivity contribution < 1.29 is 4.79 Å². The summed E-state index contributed by atoms with van der Waals surface area (Å²) in [6, 6.07) is 24.8. The smallest absolute Gasteiger partial charge is 0.258 e. The summed E-state index contributed by atoms with van der Waals surface area (Å²) in [6.45, 7) is 0.771. The van der Waals surface area contributed by atoms with Crippen LogP contribution >= 0.6 is 11.6 Å². The largest absolute Gasteiger partial charge is 0.335 e. The maximum absolute atomic E-state index is 13.1. The zero-order valence-electron chi connectivity index (χ0n) is 17.6. The molecule has 0 fully saturated rings. The first kappa shape index (κ1) is 21.8. The second kappa shape index (κ2) is 10.2. The van der Waals surface area contributed by atoms with Crippen molar-refractivity contribution in [3.63, 3.8) is 0 Å².